The maximum Gasteiger partial charge on any atom is 0.274 e. The molecular weight excluding hydrogens is 503 g/mol. The number of benzene rings is 3. The number of carbonyl (C=O) groups is 1. The number of nitrogens with one attached hydrogen (secondary N) is 2. The molecule has 4 aromatic rings. The molecule has 0 atom stereocenters. The smallest absolute Gasteiger partial charge is 0.274 e. The van der Waals surface area contributed by atoms with Crippen LogP contribution in [0.2, 0.25) is 10.0 Å². The van der Waals surface area contributed by atoms with Gasteiger partial charge in [0.25, 0.3) is 11.6 Å². The van der Waals surface area contributed by atoms with Gasteiger partial charge in [0.1, 0.15) is 0 Å². The molecule has 2 N–H and O–H groups in total. The number of rotatable bonds is 9. The van der Waals surface area contributed by atoms with Crippen LogP contribution in [0.25, 0.3) is 6.08 Å². The number of nitro groups is 1. The van der Waals surface area contributed by atoms with Gasteiger partial charge in [0.2, 0.25) is 11.9 Å². The fraction of sp³-hybridized carbons (Fsp3) is 0.0800. The van der Waals surface area contributed by atoms with Gasteiger partial charge in [-0.25, -0.2) is 0 Å². The normalized spacial score (nSPS) is 10.9. The predicted octanol–water partition coefficient (Wildman–Crippen LogP) is 6.07. The van der Waals surface area contributed by atoms with Gasteiger partial charge in [-0.1, -0.05) is 59.6 Å². The lowest BCUT2D eigenvalue weighted by atomic mass is 10.2. The summed E-state index contributed by atoms with van der Waals surface area (Å²) in [4.78, 5) is 27.9. The van der Waals surface area contributed by atoms with Gasteiger partial charge in [-0.2, -0.15) is 9.67 Å². The largest absolute Gasteiger partial charge is 0.350 e. The summed E-state index contributed by atoms with van der Waals surface area (Å²) >= 11 is 11.9. The molecular formula is C25H20Cl2N6O3. The number of anilines is 2. The highest BCUT2D eigenvalue weighted by atomic mass is 35.5. The van der Waals surface area contributed by atoms with Crippen LogP contribution < -0.4 is 10.6 Å². The van der Waals surface area contributed by atoms with Gasteiger partial charge in [0.05, 0.1) is 4.92 Å². The molecule has 0 bridgehead atoms. The fourth-order valence-electron chi connectivity index (χ4n) is 3.20. The first-order chi connectivity index (χ1) is 17.4. The number of hydrogen-bond donors (Lipinski definition) is 2. The van der Waals surface area contributed by atoms with Crippen LogP contribution in [0.5, 0.6) is 0 Å². The summed E-state index contributed by atoms with van der Waals surface area (Å²) in [5.41, 5.74) is 2.34. The molecule has 0 saturated heterocycles. The zero-order chi connectivity index (χ0) is 25.5. The summed E-state index contributed by atoms with van der Waals surface area (Å²) in [7, 11) is 0. The summed E-state index contributed by atoms with van der Waals surface area (Å²) in [6.07, 6.45) is 2.77. The standard InChI is InChI=1S/C25H20Cl2N6O3/c26-20-9-4-18(5-10-20)15-28-24-30-25(29-16-19-6-11-21(27)12-7-19)32(31-24)23(34)13-8-17-2-1-3-22(14-17)33(35)36/h1-14H,15-16H2,(H2,28,29,30,31). The first kappa shape index (κ1) is 24.9. The lowest BCUT2D eigenvalue weighted by molar-refractivity contribution is -0.384. The highest BCUT2D eigenvalue weighted by Gasteiger charge is 2.15. The highest BCUT2D eigenvalue weighted by Crippen LogP contribution is 2.17. The number of carbonyl (C=O) groups excluding carboxylic acids is 1. The number of non-ortho nitro benzene ring substituents is 1. The van der Waals surface area contributed by atoms with Gasteiger partial charge in [0.15, 0.2) is 0 Å². The molecule has 0 saturated carbocycles. The summed E-state index contributed by atoms with van der Waals surface area (Å²) in [6, 6.07) is 20.6. The first-order valence-corrected chi connectivity index (χ1v) is 11.5. The molecule has 0 unspecified atom stereocenters. The predicted molar refractivity (Wildman–Crippen MR) is 140 cm³/mol. The van der Waals surface area contributed by atoms with Crippen molar-refractivity contribution in [3.8, 4) is 0 Å². The molecule has 9 nitrogen and oxygen atoms in total. The van der Waals surface area contributed by atoms with Gasteiger partial charge < -0.3 is 10.6 Å². The Bertz CT molecular complexity index is 1400. The van der Waals surface area contributed by atoms with E-state index in [0.717, 1.165) is 15.8 Å². The van der Waals surface area contributed by atoms with Crippen LogP contribution in [0.15, 0.2) is 78.9 Å². The third-order valence-electron chi connectivity index (χ3n) is 5.04. The number of aromatic nitrogens is 3. The molecule has 1 aromatic heterocycles. The van der Waals surface area contributed by atoms with Crippen LogP contribution in [0.3, 0.4) is 0 Å². The van der Waals surface area contributed by atoms with Gasteiger partial charge in [-0.05, 0) is 47.0 Å². The summed E-state index contributed by atoms with van der Waals surface area (Å²) in [5.74, 6) is 0.00468. The van der Waals surface area contributed by atoms with Gasteiger partial charge >= 0.3 is 0 Å². The molecule has 36 heavy (non-hydrogen) atoms. The van der Waals surface area contributed by atoms with Crippen molar-refractivity contribution in [2.45, 2.75) is 13.1 Å². The van der Waals surface area contributed by atoms with Crippen molar-refractivity contribution < 1.29 is 9.72 Å². The Morgan fingerprint density at radius 3 is 2.17 bits per heavy atom. The minimum absolute atomic E-state index is 0.0654. The molecule has 0 radical (unpaired) electrons. The van der Waals surface area contributed by atoms with Crippen molar-refractivity contribution >= 4 is 52.8 Å². The lowest BCUT2D eigenvalue weighted by Crippen LogP contribution is -2.14. The van der Waals surface area contributed by atoms with E-state index in [4.69, 9.17) is 23.2 Å². The second-order valence-corrected chi connectivity index (χ2v) is 8.53. The van der Waals surface area contributed by atoms with Crippen LogP contribution in [-0.4, -0.2) is 25.6 Å². The third-order valence-corrected chi connectivity index (χ3v) is 5.55. The quantitative estimate of drug-likeness (QED) is 0.155. The number of halogens is 2. The molecule has 1 heterocycles. The summed E-state index contributed by atoms with van der Waals surface area (Å²) < 4.78 is 1.13. The number of nitro benzene ring substituents is 1. The van der Waals surface area contributed by atoms with Crippen LogP contribution in [0, 0.1) is 10.1 Å². The van der Waals surface area contributed by atoms with Crippen molar-refractivity contribution in [2.75, 3.05) is 10.6 Å². The van der Waals surface area contributed by atoms with E-state index >= 15 is 0 Å². The van der Waals surface area contributed by atoms with E-state index in [0.29, 0.717) is 28.7 Å². The molecule has 0 aliphatic rings. The topological polar surface area (TPSA) is 115 Å². The molecule has 182 valence electrons. The van der Waals surface area contributed by atoms with E-state index in [2.05, 4.69) is 20.7 Å². The first-order valence-electron chi connectivity index (χ1n) is 10.8. The Morgan fingerprint density at radius 1 is 0.944 bits per heavy atom. The summed E-state index contributed by atoms with van der Waals surface area (Å²) in [5, 5.41) is 22.8. The average Bonchev–Trinajstić information content (AvgIpc) is 3.30. The Balaban J connectivity index is 1.54. The van der Waals surface area contributed by atoms with Gasteiger partial charge in [0, 0.05) is 41.3 Å². The van der Waals surface area contributed by atoms with Crippen molar-refractivity contribution in [3.63, 3.8) is 0 Å². The average molecular weight is 523 g/mol. The van der Waals surface area contributed by atoms with Crippen LogP contribution in [0.1, 0.15) is 21.5 Å². The van der Waals surface area contributed by atoms with Crippen LogP contribution >= 0.6 is 23.2 Å². The van der Waals surface area contributed by atoms with E-state index in [1.54, 1.807) is 36.4 Å². The highest BCUT2D eigenvalue weighted by molar-refractivity contribution is 6.30. The fourth-order valence-corrected chi connectivity index (χ4v) is 3.45. The molecule has 0 spiro atoms. The van der Waals surface area contributed by atoms with Gasteiger partial charge in [-0.3, -0.25) is 14.9 Å². The number of nitrogens with zero attached hydrogens (tertiary/aromatic N) is 4. The maximum atomic E-state index is 13.0. The van der Waals surface area contributed by atoms with Gasteiger partial charge in [-0.15, -0.1) is 5.10 Å². The zero-order valence-corrected chi connectivity index (χ0v) is 20.3. The molecule has 3 aromatic carbocycles. The minimum atomic E-state index is -0.492. The van der Waals surface area contributed by atoms with E-state index in [-0.39, 0.29) is 17.6 Å². The third kappa shape index (κ3) is 6.68. The number of hydrogen-bond acceptors (Lipinski definition) is 7. The van der Waals surface area contributed by atoms with E-state index in [9.17, 15) is 14.9 Å². The van der Waals surface area contributed by atoms with E-state index in [1.807, 2.05) is 24.3 Å². The second kappa shape index (κ2) is 11.5. The second-order valence-electron chi connectivity index (χ2n) is 7.65. The monoisotopic (exact) mass is 522 g/mol. The van der Waals surface area contributed by atoms with Crippen molar-refractivity contribution in [1.82, 2.24) is 14.8 Å². The Labute approximate surface area is 216 Å². The Morgan fingerprint density at radius 2 is 1.56 bits per heavy atom. The van der Waals surface area contributed by atoms with E-state index in [1.165, 1.54) is 24.3 Å². The Kier molecular flexibility index (Phi) is 7.94. The lowest BCUT2D eigenvalue weighted by Gasteiger charge is -2.06. The molecule has 11 heteroatoms. The summed E-state index contributed by atoms with van der Waals surface area (Å²) in [6.45, 7) is 0.809. The maximum absolute atomic E-state index is 13.0. The number of allylic oxidation sites excluding steroid dienone is 1. The van der Waals surface area contributed by atoms with Crippen molar-refractivity contribution in [3.05, 3.63) is 116 Å². The molecule has 0 aliphatic carbocycles. The van der Waals surface area contributed by atoms with Crippen LogP contribution in [0.4, 0.5) is 17.6 Å². The molecule has 0 aliphatic heterocycles. The minimum Gasteiger partial charge on any atom is -0.350 e. The molecule has 0 amide bonds. The van der Waals surface area contributed by atoms with Crippen molar-refractivity contribution in [2.24, 2.45) is 0 Å². The SMILES string of the molecule is O=C(C=Cc1cccc([N+](=O)[O-])c1)n1nc(NCc2ccc(Cl)cc2)nc1NCc1ccc(Cl)cc1. The van der Waals surface area contributed by atoms with E-state index < -0.39 is 10.8 Å². The molecule has 4 rings (SSSR count). The zero-order valence-electron chi connectivity index (χ0n) is 18.8. The Hall–Kier alpha value is -4.21. The van der Waals surface area contributed by atoms with Crippen molar-refractivity contribution in [1.29, 1.82) is 0 Å². The molecule has 0 fully saturated rings. The van der Waals surface area contributed by atoms with Crippen LogP contribution in [-0.2, 0) is 13.1 Å².